The van der Waals surface area contributed by atoms with E-state index in [0.29, 0.717) is 12.1 Å². The van der Waals surface area contributed by atoms with E-state index < -0.39 is 0 Å². The van der Waals surface area contributed by atoms with E-state index in [2.05, 4.69) is 21.4 Å². The average molecular weight is 495 g/mol. The smallest absolute Gasteiger partial charge is 0.318 e. The molecule has 1 saturated heterocycles. The van der Waals surface area contributed by atoms with Crippen LogP contribution in [0.5, 0.6) is 5.75 Å². The van der Waals surface area contributed by atoms with E-state index in [4.69, 9.17) is 4.74 Å². The maximum absolute atomic E-state index is 15.3. The number of carbonyl (C=O) groups is 1. The Kier molecular flexibility index (Phi) is 6.04. The van der Waals surface area contributed by atoms with Crippen LogP contribution in [0.15, 0.2) is 79.1 Å². The summed E-state index contributed by atoms with van der Waals surface area (Å²) < 4.78 is 20.5. The van der Waals surface area contributed by atoms with E-state index in [0.717, 1.165) is 58.3 Å². The average Bonchev–Trinajstić information content (AvgIpc) is 3.20. The second-order valence-corrected chi connectivity index (χ2v) is 9.56. The lowest BCUT2D eigenvalue weighted by Crippen LogP contribution is -2.48. The van der Waals surface area contributed by atoms with Crippen molar-refractivity contribution in [2.75, 3.05) is 7.11 Å². The van der Waals surface area contributed by atoms with Crippen molar-refractivity contribution in [1.82, 2.24) is 20.2 Å². The highest BCUT2D eigenvalue weighted by molar-refractivity contribution is 5.82. The molecular weight excluding hydrogens is 467 g/mol. The summed E-state index contributed by atoms with van der Waals surface area (Å²) in [5, 5.41) is 3.06. The van der Waals surface area contributed by atoms with Gasteiger partial charge in [0, 0.05) is 30.5 Å². The Hall–Kier alpha value is -4.26. The number of methoxy groups -OCH3 is 1. The maximum atomic E-state index is 15.3. The maximum Gasteiger partial charge on any atom is 0.318 e. The topological polar surface area (TPSA) is 67.3 Å². The Labute approximate surface area is 214 Å². The molecule has 186 valence electrons. The minimum absolute atomic E-state index is 0.0198. The summed E-state index contributed by atoms with van der Waals surface area (Å²) in [6.45, 7) is 0.461. The second kappa shape index (κ2) is 9.65. The normalized spacial score (nSPS) is 18.5. The number of fused-ring (bicyclic) bond motifs is 3. The van der Waals surface area contributed by atoms with Crippen LogP contribution in [0.1, 0.15) is 30.4 Å². The standard InChI is InChI=1S/C30H27FN4O2/c1-37-25-8-2-19(3-9-25)18-34-30(36)35-23-6-7-24(35)15-22(14-23)20-4-10-26(27(31)16-20)21-5-11-28-29(17-21)33-13-12-32-28/h2-5,8-14,16-17,23-24H,6-7,15,18H2,1H3,(H,34,36). The molecule has 0 spiro atoms. The monoisotopic (exact) mass is 494 g/mol. The van der Waals surface area contributed by atoms with Gasteiger partial charge in [0.25, 0.3) is 0 Å². The summed E-state index contributed by atoms with van der Waals surface area (Å²) in [6, 6.07) is 18.8. The number of nitrogens with one attached hydrogen (secondary N) is 1. The molecule has 1 fully saturated rings. The van der Waals surface area contributed by atoms with Crippen molar-refractivity contribution in [2.45, 2.75) is 37.9 Å². The second-order valence-electron chi connectivity index (χ2n) is 9.56. The van der Waals surface area contributed by atoms with Crippen LogP contribution in [0.3, 0.4) is 0 Å². The Morgan fingerprint density at radius 2 is 1.78 bits per heavy atom. The summed E-state index contributed by atoms with van der Waals surface area (Å²) in [4.78, 5) is 23.6. The molecule has 6 rings (SSSR count). The van der Waals surface area contributed by atoms with Crippen molar-refractivity contribution < 1.29 is 13.9 Å². The van der Waals surface area contributed by atoms with Gasteiger partial charge in [0.2, 0.25) is 0 Å². The van der Waals surface area contributed by atoms with E-state index in [1.165, 1.54) is 0 Å². The van der Waals surface area contributed by atoms with Crippen LogP contribution in [-0.2, 0) is 6.54 Å². The zero-order valence-corrected chi connectivity index (χ0v) is 20.5. The molecule has 2 atom stereocenters. The van der Waals surface area contributed by atoms with E-state index in [1.807, 2.05) is 59.5 Å². The van der Waals surface area contributed by atoms with Gasteiger partial charge < -0.3 is 15.0 Å². The van der Waals surface area contributed by atoms with Gasteiger partial charge in [0.05, 0.1) is 24.2 Å². The zero-order valence-electron chi connectivity index (χ0n) is 20.5. The number of amides is 2. The van der Waals surface area contributed by atoms with Crippen LogP contribution in [0, 0.1) is 5.82 Å². The highest BCUT2D eigenvalue weighted by atomic mass is 19.1. The fraction of sp³-hybridized carbons (Fsp3) is 0.233. The molecular formula is C30H27FN4O2. The molecule has 4 aromatic rings. The van der Waals surface area contributed by atoms with Gasteiger partial charge in [0.15, 0.2) is 0 Å². The number of carbonyl (C=O) groups excluding carboxylic acids is 1. The third kappa shape index (κ3) is 4.53. The number of aromatic nitrogens is 2. The molecule has 2 bridgehead atoms. The van der Waals surface area contributed by atoms with E-state index in [-0.39, 0.29) is 23.9 Å². The molecule has 1 N–H and O–H groups in total. The first kappa shape index (κ1) is 23.2. The van der Waals surface area contributed by atoms with Crippen molar-refractivity contribution in [3.05, 3.63) is 96.1 Å². The highest BCUT2D eigenvalue weighted by Gasteiger charge is 2.39. The first-order valence-electron chi connectivity index (χ1n) is 12.5. The molecule has 2 aliphatic heterocycles. The van der Waals surface area contributed by atoms with Gasteiger partial charge >= 0.3 is 6.03 Å². The van der Waals surface area contributed by atoms with Crippen molar-refractivity contribution in [2.24, 2.45) is 0 Å². The molecule has 7 heteroatoms. The van der Waals surface area contributed by atoms with E-state index in [1.54, 1.807) is 25.6 Å². The molecule has 0 saturated carbocycles. The van der Waals surface area contributed by atoms with Crippen LogP contribution in [-0.4, -0.2) is 40.1 Å². The van der Waals surface area contributed by atoms with E-state index in [9.17, 15) is 4.79 Å². The van der Waals surface area contributed by atoms with Gasteiger partial charge in [-0.25, -0.2) is 9.18 Å². The predicted molar refractivity (Wildman–Crippen MR) is 141 cm³/mol. The van der Waals surface area contributed by atoms with Crippen LogP contribution in [0.4, 0.5) is 9.18 Å². The number of halogens is 1. The molecule has 2 unspecified atom stereocenters. The molecule has 2 amide bonds. The largest absolute Gasteiger partial charge is 0.497 e. The number of nitrogens with zero attached hydrogens (tertiary/aromatic N) is 3. The van der Waals surface area contributed by atoms with Gasteiger partial charge in [0.1, 0.15) is 11.6 Å². The van der Waals surface area contributed by atoms with Crippen LogP contribution >= 0.6 is 0 Å². The molecule has 0 aliphatic carbocycles. The predicted octanol–water partition coefficient (Wildman–Crippen LogP) is 5.97. The van der Waals surface area contributed by atoms with Crippen LogP contribution in [0.25, 0.3) is 27.7 Å². The van der Waals surface area contributed by atoms with Gasteiger partial charge in [-0.15, -0.1) is 0 Å². The lowest BCUT2D eigenvalue weighted by Gasteiger charge is -2.34. The summed E-state index contributed by atoms with van der Waals surface area (Å²) >= 11 is 0. The lowest BCUT2D eigenvalue weighted by molar-refractivity contribution is 0.179. The van der Waals surface area contributed by atoms with Crippen LogP contribution < -0.4 is 10.1 Å². The number of hydrogen-bond acceptors (Lipinski definition) is 4. The van der Waals surface area contributed by atoms with Crippen molar-refractivity contribution in [3.8, 4) is 16.9 Å². The fourth-order valence-corrected chi connectivity index (χ4v) is 5.45. The van der Waals surface area contributed by atoms with Crippen molar-refractivity contribution >= 4 is 22.6 Å². The lowest BCUT2D eigenvalue weighted by atomic mass is 9.93. The molecule has 0 radical (unpaired) electrons. The molecule has 6 nitrogen and oxygen atoms in total. The molecule has 3 heterocycles. The van der Waals surface area contributed by atoms with Gasteiger partial charge in [-0.2, -0.15) is 0 Å². The number of urea groups is 1. The highest BCUT2D eigenvalue weighted by Crippen LogP contribution is 2.39. The van der Waals surface area contributed by atoms with Crippen molar-refractivity contribution in [3.63, 3.8) is 0 Å². The number of benzene rings is 3. The minimum Gasteiger partial charge on any atom is -0.497 e. The Bertz CT molecular complexity index is 1500. The third-order valence-corrected chi connectivity index (χ3v) is 7.35. The Morgan fingerprint density at radius 3 is 2.54 bits per heavy atom. The van der Waals surface area contributed by atoms with Gasteiger partial charge in [-0.05, 0) is 71.9 Å². The molecule has 2 aliphatic rings. The minimum atomic E-state index is -0.270. The summed E-state index contributed by atoms with van der Waals surface area (Å²) in [6.07, 6.45) is 8.00. The number of rotatable bonds is 5. The SMILES string of the molecule is COc1ccc(CNC(=O)N2C3C=C(c4ccc(-c5ccc6nccnc6c5)c(F)c4)CC2CC3)cc1. The number of hydrogen-bond donors (Lipinski definition) is 1. The number of ether oxygens (including phenoxy) is 1. The summed E-state index contributed by atoms with van der Waals surface area (Å²) in [5.74, 6) is 0.520. The first-order chi connectivity index (χ1) is 18.1. The Balaban J connectivity index is 1.17. The Morgan fingerprint density at radius 1 is 1.00 bits per heavy atom. The summed E-state index contributed by atoms with van der Waals surface area (Å²) in [5.41, 5.74) is 5.82. The quantitative estimate of drug-likeness (QED) is 0.371. The van der Waals surface area contributed by atoms with Gasteiger partial charge in [-0.1, -0.05) is 36.4 Å². The molecule has 1 aromatic heterocycles. The van der Waals surface area contributed by atoms with E-state index >= 15 is 4.39 Å². The zero-order chi connectivity index (χ0) is 25.4. The molecule has 3 aromatic carbocycles. The van der Waals surface area contributed by atoms with Crippen LogP contribution in [0.2, 0.25) is 0 Å². The molecule has 37 heavy (non-hydrogen) atoms. The fourth-order valence-electron chi connectivity index (χ4n) is 5.45. The van der Waals surface area contributed by atoms with Crippen molar-refractivity contribution in [1.29, 1.82) is 0 Å². The first-order valence-corrected chi connectivity index (χ1v) is 12.5. The summed E-state index contributed by atoms with van der Waals surface area (Å²) in [7, 11) is 1.63. The van der Waals surface area contributed by atoms with Gasteiger partial charge in [-0.3, -0.25) is 9.97 Å². The third-order valence-electron chi connectivity index (χ3n) is 7.35.